The molecule has 0 N–H and O–H groups in total. The van der Waals surface area contributed by atoms with Crippen LogP contribution in [0.5, 0.6) is 5.75 Å². The summed E-state index contributed by atoms with van der Waals surface area (Å²) in [5.74, 6) is 2.76. The molecule has 0 spiro atoms. The lowest BCUT2D eigenvalue weighted by molar-refractivity contribution is 0.118. The first-order valence-corrected chi connectivity index (χ1v) is 8.40. The van der Waals surface area contributed by atoms with Crippen LogP contribution in [0.25, 0.3) is 0 Å². The van der Waals surface area contributed by atoms with E-state index in [0.717, 1.165) is 49.9 Å². The lowest BCUT2D eigenvalue weighted by atomic mass is 9.89. The topological polar surface area (TPSA) is 51.4 Å². The minimum Gasteiger partial charge on any atom is -0.497 e. The minimum atomic E-state index is 0.321. The van der Waals surface area contributed by atoms with Crippen molar-refractivity contribution in [2.24, 2.45) is 0 Å². The number of ether oxygens (including phenoxy) is 1. The van der Waals surface area contributed by atoms with Gasteiger partial charge in [-0.1, -0.05) is 19.1 Å². The van der Waals surface area contributed by atoms with Gasteiger partial charge in [0.05, 0.1) is 13.0 Å². The van der Waals surface area contributed by atoms with Gasteiger partial charge in [0.1, 0.15) is 5.75 Å². The highest BCUT2D eigenvalue weighted by Crippen LogP contribution is 2.33. The third kappa shape index (κ3) is 3.55. The molecule has 5 heteroatoms. The quantitative estimate of drug-likeness (QED) is 0.846. The normalized spacial score (nSPS) is 22.2. The van der Waals surface area contributed by atoms with Crippen molar-refractivity contribution in [3.63, 3.8) is 0 Å². The van der Waals surface area contributed by atoms with Crippen LogP contribution in [0.15, 0.2) is 28.7 Å². The lowest BCUT2D eigenvalue weighted by Crippen LogP contribution is -2.41. The van der Waals surface area contributed by atoms with E-state index >= 15 is 0 Å². The zero-order valence-electron chi connectivity index (χ0n) is 14.2. The number of piperidine rings is 1. The molecule has 1 aliphatic heterocycles. The van der Waals surface area contributed by atoms with E-state index in [1.54, 1.807) is 7.11 Å². The van der Waals surface area contributed by atoms with Crippen LogP contribution in [-0.2, 0) is 13.0 Å². The second-order valence-electron chi connectivity index (χ2n) is 6.20. The molecule has 0 radical (unpaired) electrons. The van der Waals surface area contributed by atoms with Crippen molar-refractivity contribution in [2.75, 3.05) is 13.7 Å². The average molecular weight is 315 g/mol. The molecule has 1 aromatic heterocycles. The standard InChI is InChI=1S/C18H25N3O2/c1-4-17-19-20-18(23-17)16-9-6-10-21(13(16)2)12-14-7-5-8-15(11-14)22-3/h5,7-8,11,13,16H,4,6,9-10,12H2,1-3H3/t13-,16-/m0/s1. The Morgan fingerprint density at radius 1 is 1.35 bits per heavy atom. The number of nitrogens with zero attached hydrogens (tertiary/aromatic N) is 3. The zero-order chi connectivity index (χ0) is 16.2. The Balaban J connectivity index is 1.72. The molecule has 2 aromatic rings. The smallest absolute Gasteiger partial charge is 0.221 e. The summed E-state index contributed by atoms with van der Waals surface area (Å²) in [6.45, 7) is 6.32. The van der Waals surface area contributed by atoms with Crippen molar-refractivity contribution < 1.29 is 9.15 Å². The van der Waals surface area contributed by atoms with E-state index in [4.69, 9.17) is 9.15 Å². The number of likely N-dealkylation sites (tertiary alicyclic amines) is 1. The van der Waals surface area contributed by atoms with Crippen molar-refractivity contribution in [3.8, 4) is 5.75 Å². The highest BCUT2D eigenvalue weighted by Gasteiger charge is 2.32. The first-order valence-electron chi connectivity index (χ1n) is 8.40. The van der Waals surface area contributed by atoms with Gasteiger partial charge >= 0.3 is 0 Å². The number of rotatable bonds is 5. The fourth-order valence-corrected chi connectivity index (χ4v) is 3.33. The van der Waals surface area contributed by atoms with Gasteiger partial charge in [-0.15, -0.1) is 10.2 Å². The molecule has 0 bridgehead atoms. The van der Waals surface area contributed by atoms with E-state index in [9.17, 15) is 0 Å². The predicted molar refractivity (Wildman–Crippen MR) is 88.5 cm³/mol. The fourth-order valence-electron chi connectivity index (χ4n) is 3.33. The second kappa shape index (κ2) is 7.13. The van der Waals surface area contributed by atoms with Crippen molar-refractivity contribution in [1.82, 2.24) is 15.1 Å². The summed E-state index contributed by atoms with van der Waals surface area (Å²) >= 11 is 0. The van der Waals surface area contributed by atoms with Gasteiger partial charge in [0, 0.05) is 19.0 Å². The highest BCUT2D eigenvalue weighted by molar-refractivity contribution is 5.28. The van der Waals surface area contributed by atoms with Crippen LogP contribution in [0.3, 0.4) is 0 Å². The molecule has 1 aliphatic rings. The molecular formula is C18H25N3O2. The van der Waals surface area contributed by atoms with Crippen LogP contribution in [0.2, 0.25) is 0 Å². The molecular weight excluding hydrogens is 290 g/mol. The molecule has 0 aliphatic carbocycles. The zero-order valence-corrected chi connectivity index (χ0v) is 14.2. The Morgan fingerprint density at radius 3 is 2.96 bits per heavy atom. The monoisotopic (exact) mass is 315 g/mol. The van der Waals surface area contributed by atoms with Crippen LogP contribution in [0.4, 0.5) is 0 Å². The van der Waals surface area contributed by atoms with Gasteiger partial charge in [0.25, 0.3) is 0 Å². The van der Waals surface area contributed by atoms with Gasteiger partial charge < -0.3 is 9.15 Å². The molecule has 1 aromatic carbocycles. The molecule has 5 nitrogen and oxygen atoms in total. The van der Waals surface area contributed by atoms with Crippen LogP contribution >= 0.6 is 0 Å². The van der Waals surface area contributed by atoms with E-state index in [2.05, 4.69) is 34.2 Å². The van der Waals surface area contributed by atoms with Gasteiger partial charge in [-0.3, -0.25) is 4.90 Å². The van der Waals surface area contributed by atoms with Crippen LogP contribution in [-0.4, -0.2) is 34.8 Å². The largest absolute Gasteiger partial charge is 0.497 e. The number of aromatic nitrogens is 2. The summed E-state index contributed by atoms with van der Waals surface area (Å²) in [5, 5.41) is 8.39. The first kappa shape index (κ1) is 16.0. The molecule has 2 heterocycles. The molecule has 23 heavy (non-hydrogen) atoms. The number of aryl methyl sites for hydroxylation is 1. The van der Waals surface area contributed by atoms with Gasteiger partial charge in [-0.05, 0) is 44.0 Å². The Morgan fingerprint density at radius 2 is 2.22 bits per heavy atom. The lowest BCUT2D eigenvalue weighted by Gasteiger charge is -2.38. The Labute approximate surface area is 137 Å². The summed E-state index contributed by atoms with van der Waals surface area (Å²) in [7, 11) is 1.71. The summed E-state index contributed by atoms with van der Waals surface area (Å²) in [4.78, 5) is 2.50. The molecule has 0 unspecified atom stereocenters. The van der Waals surface area contributed by atoms with Gasteiger partial charge in [0.2, 0.25) is 11.8 Å². The molecule has 0 amide bonds. The van der Waals surface area contributed by atoms with Crippen molar-refractivity contribution >= 4 is 0 Å². The molecule has 1 saturated heterocycles. The Bertz CT molecular complexity index is 641. The third-order valence-electron chi connectivity index (χ3n) is 4.74. The van der Waals surface area contributed by atoms with E-state index in [1.165, 1.54) is 5.56 Å². The van der Waals surface area contributed by atoms with E-state index in [1.807, 2.05) is 19.1 Å². The first-order chi connectivity index (χ1) is 11.2. The van der Waals surface area contributed by atoms with Crippen LogP contribution < -0.4 is 4.74 Å². The highest BCUT2D eigenvalue weighted by atomic mass is 16.5. The maximum absolute atomic E-state index is 5.81. The Kier molecular flexibility index (Phi) is 4.96. The van der Waals surface area contributed by atoms with Gasteiger partial charge in [-0.2, -0.15) is 0 Å². The van der Waals surface area contributed by atoms with E-state index in [0.29, 0.717) is 12.0 Å². The fraction of sp³-hybridized carbons (Fsp3) is 0.556. The maximum atomic E-state index is 5.81. The second-order valence-corrected chi connectivity index (χ2v) is 6.20. The van der Waals surface area contributed by atoms with Crippen molar-refractivity contribution in [3.05, 3.63) is 41.6 Å². The van der Waals surface area contributed by atoms with Gasteiger partial charge in [0.15, 0.2) is 0 Å². The summed E-state index contributed by atoms with van der Waals surface area (Å²) in [6.07, 6.45) is 3.06. The molecule has 1 fully saturated rings. The van der Waals surface area contributed by atoms with Crippen molar-refractivity contribution in [2.45, 2.75) is 51.6 Å². The maximum Gasteiger partial charge on any atom is 0.221 e. The number of hydrogen-bond acceptors (Lipinski definition) is 5. The average Bonchev–Trinajstić information content (AvgIpc) is 3.06. The third-order valence-corrected chi connectivity index (χ3v) is 4.74. The number of methoxy groups -OCH3 is 1. The Hall–Kier alpha value is -1.88. The SMILES string of the molecule is CCc1nnc([C@H]2CCCN(Cc3cccc(OC)c3)[C@H]2C)o1. The molecule has 124 valence electrons. The predicted octanol–water partition coefficient (Wildman–Crippen LogP) is 3.41. The molecule has 2 atom stereocenters. The summed E-state index contributed by atoms with van der Waals surface area (Å²) < 4.78 is 11.1. The molecule has 3 rings (SSSR count). The number of benzene rings is 1. The van der Waals surface area contributed by atoms with Gasteiger partial charge in [-0.25, -0.2) is 0 Å². The van der Waals surface area contributed by atoms with E-state index < -0.39 is 0 Å². The number of hydrogen-bond donors (Lipinski definition) is 0. The summed E-state index contributed by atoms with van der Waals surface area (Å²) in [6, 6.07) is 8.68. The van der Waals surface area contributed by atoms with E-state index in [-0.39, 0.29) is 0 Å². The van der Waals surface area contributed by atoms with Crippen LogP contribution in [0.1, 0.15) is 50.0 Å². The van der Waals surface area contributed by atoms with Crippen molar-refractivity contribution in [1.29, 1.82) is 0 Å². The molecule has 0 saturated carbocycles. The summed E-state index contributed by atoms with van der Waals surface area (Å²) in [5.41, 5.74) is 1.27. The minimum absolute atomic E-state index is 0.321. The van der Waals surface area contributed by atoms with Crippen LogP contribution in [0, 0.1) is 0 Å².